The maximum atomic E-state index is 13.3. The van der Waals surface area contributed by atoms with Crippen LogP contribution in [-0.4, -0.2) is 44.3 Å². The number of rotatable bonds is 3. The minimum absolute atomic E-state index is 0.155. The first-order chi connectivity index (χ1) is 5.25. The molecule has 0 spiro atoms. The summed E-state index contributed by atoms with van der Waals surface area (Å²) in [5.41, 5.74) is 0. The lowest BCUT2D eigenvalue weighted by Gasteiger charge is -2.22. The maximum Gasteiger partial charge on any atom is 0.128 e. The van der Waals surface area contributed by atoms with E-state index in [0.717, 1.165) is 19.4 Å². The highest BCUT2D eigenvalue weighted by Crippen LogP contribution is 2.19. The topological polar surface area (TPSA) is 15.3 Å². The zero-order valence-electron chi connectivity index (χ0n) is 7.31. The van der Waals surface area contributed by atoms with Crippen molar-refractivity contribution < 1.29 is 4.39 Å². The molecule has 0 aliphatic carbocycles. The lowest BCUT2D eigenvalue weighted by Crippen LogP contribution is -2.38. The van der Waals surface area contributed by atoms with Gasteiger partial charge in [0.1, 0.15) is 6.17 Å². The predicted molar refractivity (Wildman–Crippen MR) is 44.5 cm³/mol. The third-order valence-corrected chi connectivity index (χ3v) is 2.39. The number of nitrogens with one attached hydrogen (secondary N) is 1. The van der Waals surface area contributed by atoms with Crippen LogP contribution in [0.5, 0.6) is 0 Å². The molecule has 3 heteroatoms. The molecule has 1 heterocycles. The van der Waals surface area contributed by atoms with Crippen LogP contribution in [-0.2, 0) is 0 Å². The summed E-state index contributed by atoms with van der Waals surface area (Å²) in [4.78, 5) is 2.11. The molecule has 0 aromatic heterocycles. The number of alkyl halides is 1. The van der Waals surface area contributed by atoms with E-state index in [0.29, 0.717) is 6.54 Å². The van der Waals surface area contributed by atoms with Crippen molar-refractivity contribution in [1.29, 1.82) is 0 Å². The molecule has 11 heavy (non-hydrogen) atoms. The fraction of sp³-hybridized carbons (Fsp3) is 1.00. The maximum absolute atomic E-state index is 13.3. The lowest BCUT2D eigenvalue weighted by atomic mass is 10.1. The van der Waals surface area contributed by atoms with Crippen molar-refractivity contribution in [2.75, 3.05) is 27.2 Å². The standard InChI is InChI=1S/C8H17FN2/c1-10-6-7(9)8-4-3-5-11(8)2/h7-8,10H,3-6H2,1-2H3. The molecule has 1 aliphatic rings. The van der Waals surface area contributed by atoms with E-state index in [2.05, 4.69) is 10.2 Å². The molecule has 1 aliphatic heterocycles. The molecular weight excluding hydrogens is 143 g/mol. The van der Waals surface area contributed by atoms with Gasteiger partial charge in [-0.15, -0.1) is 0 Å². The summed E-state index contributed by atoms with van der Waals surface area (Å²) in [7, 11) is 3.79. The van der Waals surface area contributed by atoms with Gasteiger partial charge < -0.3 is 10.2 Å². The fourth-order valence-corrected chi connectivity index (χ4v) is 1.72. The Balaban J connectivity index is 2.33. The highest BCUT2D eigenvalue weighted by molar-refractivity contribution is 4.83. The molecular formula is C8H17FN2. The molecule has 1 fully saturated rings. The van der Waals surface area contributed by atoms with Crippen molar-refractivity contribution in [3.63, 3.8) is 0 Å². The Kier molecular flexibility index (Phi) is 3.27. The lowest BCUT2D eigenvalue weighted by molar-refractivity contribution is 0.171. The molecule has 2 nitrogen and oxygen atoms in total. The van der Waals surface area contributed by atoms with E-state index in [1.807, 2.05) is 7.05 Å². The summed E-state index contributed by atoms with van der Waals surface area (Å²) >= 11 is 0. The SMILES string of the molecule is CNCC(F)C1CCCN1C. The molecule has 0 amide bonds. The van der Waals surface area contributed by atoms with Gasteiger partial charge in [-0.2, -0.15) is 0 Å². The van der Waals surface area contributed by atoms with E-state index in [1.165, 1.54) is 0 Å². The summed E-state index contributed by atoms with van der Waals surface area (Å²) in [5.74, 6) is 0. The van der Waals surface area contributed by atoms with Gasteiger partial charge in [-0.3, -0.25) is 0 Å². The quantitative estimate of drug-likeness (QED) is 0.651. The van der Waals surface area contributed by atoms with E-state index in [4.69, 9.17) is 0 Å². The number of likely N-dealkylation sites (tertiary alicyclic amines) is 1. The first-order valence-corrected chi connectivity index (χ1v) is 4.24. The van der Waals surface area contributed by atoms with Crippen LogP contribution >= 0.6 is 0 Å². The Bertz CT molecular complexity index is 119. The second kappa shape index (κ2) is 4.02. The second-order valence-electron chi connectivity index (χ2n) is 3.26. The van der Waals surface area contributed by atoms with Crippen LogP contribution in [0.2, 0.25) is 0 Å². The molecule has 1 rings (SSSR count). The Morgan fingerprint density at radius 1 is 1.73 bits per heavy atom. The van der Waals surface area contributed by atoms with Gasteiger partial charge in [-0.25, -0.2) is 4.39 Å². The number of halogens is 1. The molecule has 2 atom stereocenters. The predicted octanol–water partition coefficient (Wildman–Crippen LogP) is 0.638. The number of nitrogens with zero attached hydrogens (tertiary/aromatic N) is 1. The van der Waals surface area contributed by atoms with Crippen molar-refractivity contribution in [2.45, 2.75) is 25.1 Å². The number of hydrogen-bond donors (Lipinski definition) is 1. The molecule has 2 unspecified atom stereocenters. The fourth-order valence-electron chi connectivity index (χ4n) is 1.72. The van der Waals surface area contributed by atoms with Crippen molar-refractivity contribution >= 4 is 0 Å². The Morgan fingerprint density at radius 3 is 2.91 bits per heavy atom. The zero-order chi connectivity index (χ0) is 8.27. The third kappa shape index (κ3) is 2.14. The smallest absolute Gasteiger partial charge is 0.128 e. The van der Waals surface area contributed by atoms with Crippen molar-refractivity contribution in [3.05, 3.63) is 0 Å². The van der Waals surface area contributed by atoms with Crippen LogP contribution in [0.3, 0.4) is 0 Å². The molecule has 0 radical (unpaired) electrons. The van der Waals surface area contributed by atoms with Crippen LogP contribution in [0.4, 0.5) is 4.39 Å². The Labute approximate surface area is 67.8 Å². The van der Waals surface area contributed by atoms with Gasteiger partial charge in [0.25, 0.3) is 0 Å². The summed E-state index contributed by atoms with van der Waals surface area (Å²) in [5, 5.41) is 2.86. The summed E-state index contributed by atoms with van der Waals surface area (Å²) < 4.78 is 13.3. The number of hydrogen-bond acceptors (Lipinski definition) is 2. The van der Waals surface area contributed by atoms with Gasteiger partial charge in [0.2, 0.25) is 0 Å². The van der Waals surface area contributed by atoms with E-state index in [-0.39, 0.29) is 6.04 Å². The first kappa shape index (κ1) is 8.94. The van der Waals surface area contributed by atoms with E-state index in [9.17, 15) is 4.39 Å². The van der Waals surface area contributed by atoms with Crippen molar-refractivity contribution in [3.8, 4) is 0 Å². The normalized spacial score (nSPS) is 29.2. The van der Waals surface area contributed by atoms with Gasteiger partial charge in [0.15, 0.2) is 0 Å². The van der Waals surface area contributed by atoms with Crippen LogP contribution in [0.15, 0.2) is 0 Å². The highest BCUT2D eigenvalue weighted by Gasteiger charge is 2.28. The van der Waals surface area contributed by atoms with Crippen LogP contribution in [0.25, 0.3) is 0 Å². The summed E-state index contributed by atoms with van der Waals surface area (Å²) in [6.07, 6.45) is 1.46. The van der Waals surface area contributed by atoms with E-state index >= 15 is 0 Å². The highest BCUT2D eigenvalue weighted by atomic mass is 19.1. The van der Waals surface area contributed by atoms with E-state index in [1.54, 1.807) is 7.05 Å². The van der Waals surface area contributed by atoms with Gasteiger partial charge >= 0.3 is 0 Å². The van der Waals surface area contributed by atoms with Gasteiger partial charge in [0.05, 0.1) is 0 Å². The minimum atomic E-state index is -0.701. The van der Waals surface area contributed by atoms with Crippen molar-refractivity contribution in [2.24, 2.45) is 0 Å². The van der Waals surface area contributed by atoms with E-state index < -0.39 is 6.17 Å². The molecule has 0 aromatic carbocycles. The van der Waals surface area contributed by atoms with Crippen molar-refractivity contribution in [1.82, 2.24) is 10.2 Å². The largest absolute Gasteiger partial charge is 0.317 e. The molecule has 66 valence electrons. The second-order valence-corrected chi connectivity index (χ2v) is 3.26. The van der Waals surface area contributed by atoms with Crippen LogP contribution < -0.4 is 5.32 Å². The molecule has 0 bridgehead atoms. The molecule has 1 N–H and O–H groups in total. The Morgan fingerprint density at radius 2 is 2.45 bits per heavy atom. The average molecular weight is 160 g/mol. The van der Waals surface area contributed by atoms with Gasteiger partial charge in [-0.05, 0) is 33.5 Å². The van der Waals surface area contributed by atoms with Gasteiger partial charge in [-0.1, -0.05) is 0 Å². The Hall–Kier alpha value is -0.150. The molecule has 0 saturated carbocycles. The summed E-state index contributed by atoms with van der Waals surface area (Å²) in [6, 6.07) is 0.155. The van der Waals surface area contributed by atoms with Gasteiger partial charge in [0, 0.05) is 12.6 Å². The van der Waals surface area contributed by atoms with Crippen LogP contribution in [0, 0.1) is 0 Å². The van der Waals surface area contributed by atoms with Crippen LogP contribution in [0.1, 0.15) is 12.8 Å². The first-order valence-electron chi connectivity index (χ1n) is 4.24. The summed E-state index contributed by atoms with van der Waals surface area (Å²) in [6.45, 7) is 1.53. The molecule has 0 aromatic rings. The minimum Gasteiger partial charge on any atom is -0.317 e. The average Bonchev–Trinajstić information content (AvgIpc) is 2.36. The zero-order valence-corrected chi connectivity index (χ0v) is 7.31. The monoisotopic (exact) mass is 160 g/mol. The third-order valence-electron chi connectivity index (χ3n) is 2.39. The molecule has 1 saturated heterocycles.